The number of halogens is 1. The van der Waals surface area contributed by atoms with E-state index >= 15 is 0 Å². The maximum atomic E-state index is 12.3. The molecule has 0 bridgehead atoms. The Labute approximate surface area is 245 Å². The average Bonchev–Trinajstić information content (AvgIpc) is 3.67. The van der Waals surface area contributed by atoms with Crippen LogP contribution in [0.1, 0.15) is 48.3 Å². The molecule has 8 nitrogen and oxygen atoms in total. The normalized spacial score (nSPS) is 13.6. The van der Waals surface area contributed by atoms with Crippen molar-refractivity contribution in [3.63, 3.8) is 0 Å². The molecule has 0 unspecified atom stereocenters. The molecule has 0 saturated carbocycles. The number of Topliss-reactive ketones (excluding diaryl/α,β-unsaturated/α-hetero) is 1. The minimum atomic E-state index is -0.307. The number of benzene rings is 1. The predicted molar refractivity (Wildman–Crippen MR) is 155 cm³/mol. The molecular weight excluding hydrogens is 635 g/mol. The first-order chi connectivity index (χ1) is 19.5. The van der Waals surface area contributed by atoms with Crippen molar-refractivity contribution in [2.45, 2.75) is 33.1 Å². The van der Waals surface area contributed by atoms with E-state index in [4.69, 9.17) is 4.98 Å². The number of allylic oxidation sites excluding steroid dienone is 3. The summed E-state index contributed by atoms with van der Waals surface area (Å²) in [6.45, 7) is 3.66. The Morgan fingerprint density at radius 2 is 2.08 bits per heavy atom. The minimum absolute atomic E-state index is 0.0345. The van der Waals surface area contributed by atoms with Crippen molar-refractivity contribution in [3.05, 3.63) is 79.1 Å². The number of nitrogens with zero attached hydrogens (tertiary/aromatic N) is 3. The molecule has 6 rings (SSSR count). The van der Waals surface area contributed by atoms with E-state index in [1.54, 1.807) is 6.92 Å². The molecule has 0 aliphatic carbocycles. The van der Waals surface area contributed by atoms with Crippen LogP contribution in [0.25, 0.3) is 49.6 Å². The van der Waals surface area contributed by atoms with Crippen molar-refractivity contribution in [2.75, 3.05) is 0 Å². The number of carbonyl (C=O) groups excluding carboxylic acids is 2. The maximum absolute atomic E-state index is 12.3. The number of hydrogen-bond donors (Lipinski definition) is 3. The van der Waals surface area contributed by atoms with Crippen LogP contribution in [0, 0.1) is 0 Å². The molecule has 202 valence electrons. The number of nitrogens with one attached hydrogen (secondary N) is 3. The number of H-pyrrole nitrogens is 2. The van der Waals surface area contributed by atoms with Gasteiger partial charge in [0.1, 0.15) is 0 Å². The summed E-state index contributed by atoms with van der Waals surface area (Å²) in [6, 6.07) is 11.9. The van der Waals surface area contributed by atoms with Crippen LogP contribution < -0.4 is 26.5 Å². The molecule has 0 saturated heterocycles. The summed E-state index contributed by atoms with van der Waals surface area (Å²) < 4.78 is 4.37. The Hall–Kier alpha value is -3.90. The molecule has 0 fully saturated rings. The molecule has 1 aliphatic rings. The van der Waals surface area contributed by atoms with E-state index in [0.29, 0.717) is 17.9 Å². The van der Waals surface area contributed by atoms with Gasteiger partial charge < -0.3 is 0 Å². The third-order valence-electron chi connectivity index (χ3n) is 6.56. The van der Waals surface area contributed by atoms with Gasteiger partial charge in [-0.25, -0.2) is 0 Å². The third kappa shape index (κ3) is 5.28. The fraction of sp³-hybridized carbons (Fsp3) is 0.167. The molecule has 5 aromatic rings. The summed E-state index contributed by atoms with van der Waals surface area (Å²) in [6.07, 6.45) is 8.21. The number of aromatic nitrogens is 5. The van der Waals surface area contributed by atoms with Crippen LogP contribution in [-0.2, 0) is 4.79 Å². The van der Waals surface area contributed by atoms with Gasteiger partial charge in [0.05, 0.1) is 4.88 Å². The second kappa shape index (κ2) is 11.3. The number of aromatic amines is 2. The van der Waals surface area contributed by atoms with Crippen molar-refractivity contribution < 1.29 is 30.8 Å². The van der Waals surface area contributed by atoms with Gasteiger partial charge in [-0.2, -0.15) is 0 Å². The van der Waals surface area contributed by atoms with Crippen LogP contribution in [-0.4, -0.2) is 36.8 Å². The molecule has 0 spiro atoms. The Morgan fingerprint density at radius 3 is 2.90 bits per heavy atom. The Balaban J connectivity index is 1.36. The second-order valence-electron chi connectivity index (χ2n) is 9.44. The van der Waals surface area contributed by atoms with E-state index in [0.717, 1.165) is 67.1 Å². The van der Waals surface area contributed by atoms with Crippen LogP contribution in [0.4, 0.5) is 0 Å². The molecule has 1 aromatic carbocycles. The van der Waals surface area contributed by atoms with Gasteiger partial charge in [-0.15, -0.1) is 0 Å². The van der Waals surface area contributed by atoms with Gasteiger partial charge in [0.25, 0.3) is 0 Å². The first-order valence-corrected chi connectivity index (χ1v) is 16.3. The van der Waals surface area contributed by atoms with Gasteiger partial charge in [-0.05, 0) is 13.0 Å². The zero-order chi connectivity index (χ0) is 27.6. The summed E-state index contributed by atoms with van der Waals surface area (Å²) in [5.74, 6) is 0.753. The van der Waals surface area contributed by atoms with Crippen LogP contribution in [0.2, 0.25) is 0 Å². The molecule has 10 heteroatoms. The SMILES string of the molecule is CCCCC(=O)NC1=CC(c2cnc3n[nH]c(-c4nc5c(-c6ccc(C(C)=O)s6)cccc5[nH]4)c3c2)=C[I-]C=C1. The average molecular weight is 662 g/mol. The number of ketones is 1. The number of carbonyl (C=O) groups is 2. The summed E-state index contributed by atoms with van der Waals surface area (Å²) in [5, 5.41) is 11.4. The van der Waals surface area contributed by atoms with Gasteiger partial charge in [-0.3, -0.25) is 4.79 Å². The Morgan fingerprint density at radius 1 is 1.18 bits per heavy atom. The van der Waals surface area contributed by atoms with Crippen LogP contribution in [0.15, 0.2) is 68.6 Å². The van der Waals surface area contributed by atoms with E-state index in [-0.39, 0.29) is 32.9 Å². The first kappa shape index (κ1) is 26.3. The van der Waals surface area contributed by atoms with Crippen molar-refractivity contribution in [3.8, 4) is 22.0 Å². The van der Waals surface area contributed by atoms with Crippen LogP contribution in [0.3, 0.4) is 0 Å². The summed E-state index contributed by atoms with van der Waals surface area (Å²) in [5.41, 5.74) is 6.81. The second-order valence-corrected chi connectivity index (χ2v) is 12.6. The number of pyridine rings is 1. The van der Waals surface area contributed by atoms with Gasteiger partial charge in [0, 0.05) is 0 Å². The van der Waals surface area contributed by atoms with E-state index in [1.165, 1.54) is 11.3 Å². The standard InChI is InChI=1S/C30H26IN6O2S/c1-3-4-8-26(39)33-20-11-12-31-15-18(13-20)19-14-22-28(36-37-29(22)32-16-19)30-34-23-7-5-6-21(27(23)35-30)25-10-9-24(40-25)17(2)38/h5-7,9-16H,3-4,8H2,1-2H3,(H,33,39)(H,34,35)(H,32,36,37)/q-1. The molecular formula is C30H26IN6O2S-. The molecule has 1 amide bonds. The van der Waals surface area contributed by atoms with Gasteiger partial charge in [0.2, 0.25) is 0 Å². The molecule has 0 atom stereocenters. The number of para-hydroxylation sites is 1. The number of imidazole rings is 1. The van der Waals surface area contributed by atoms with Gasteiger partial charge >= 0.3 is 218 Å². The Bertz CT molecular complexity index is 1860. The fourth-order valence-electron chi connectivity index (χ4n) is 4.50. The third-order valence-corrected chi connectivity index (χ3v) is 9.58. The molecule has 40 heavy (non-hydrogen) atoms. The summed E-state index contributed by atoms with van der Waals surface area (Å²) in [7, 11) is 0. The Kier molecular flexibility index (Phi) is 7.44. The molecule has 4 aromatic heterocycles. The number of unbranched alkanes of at least 4 members (excludes halogenated alkanes) is 1. The monoisotopic (exact) mass is 661 g/mol. The quantitative estimate of drug-likeness (QED) is 0.174. The number of hydrogen-bond acceptors (Lipinski definition) is 6. The van der Waals surface area contributed by atoms with Gasteiger partial charge in [0.15, 0.2) is 5.78 Å². The number of rotatable bonds is 8. The fourth-order valence-corrected chi connectivity index (χ4v) is 7.16. The zero-order valence-corrected chi connectivity index (χ0v) is 24.9. The van der Waals surface area contributed by atoms with Crippen molar-refractivity contribution in [1.82, 2.24) is 30.5 Å². The number of thiophene rings is 1. The van der Waals surface area contributed by atoms with Crippen LogP contribution in [0.5, 0.6) is 0 Å². The van der Waals surface area contributed by atoms with E-state index < -0.39 is 0 Å². The summed E-state index contributed by atoms with van der Waals surface area (Å²) in [4.78, 5) is 38.9. The van der Waals surface area contributed by atoms with Crippen molar-refractivity contribution in [2.24, 2.45) is 0 Å². The molecule has 0 radical (unpaired) electrons. The van der Waals surface area contributed by atoms with Crippen molar-refractivity contribution in [1.29, 1.82) is 0 Å². The predicted octanol–water partition coefficient (Wildman–Crippen LogP) is 3.58. The zero-order valence-electron chi connectivity index (χ0n) is 21.9. The van der Waals surface area contributed by atoms with Crippen LogP contribution >= 0.6 is 11.3 Å². The molecule has 3 N–H and O–H groups in total. The summed E-state index contributed by atoms with van der Waals surface area (Å²) >= 11 is 1.16. The van der Waals surface area contributed by atoms with Crippen molar-refractivity contribution >= 4 is 50.7 Å². The molecule has 5 heterocycles. The molecule has 1 aliphatic heterocycles. The number of fused-ring (bicyclic) bond motifs is 2. The topological polar surface area (TPSA) is 116 Å². The van der Waals surface area contributed by atoms with E-state index in [2.05, 4.69) is 46.6 Å². The first-order valence-electron chi connectivity index (χ1n) is 12.9. The number of amides is 1. The van der Waals surface area contributed by atoms with Gasteiger partial charge in [-0.1, -0.05) is 0 Å². The van der Waals surface area contributed by atoms with E-state index in [9.17, 15) is 9.59 Å². The van der Waals surface area contributed by atoms with E-state index in [1.807, 2.05) is 48.7 Å².